The third-order valence-electron chi connectivity index (χ3n) is 2.27. The lowest BCUT2D eigenvalue weighted by atomic mass is 10.1. The highest BCUT2D eigenvalue weighted by Gasteiger charge is 2.38. The standard InChI is InChI=1S/C12H10F3NO4/c1-2-20-11(17)7-10(13)12(14,15)8-3-5-9(6-4-8)16(18)19/h3-7H,2H2,1H3/b10-7-. The predicted octanol–water partition coefficient (Wildman–Crippen LogP) is 3.10. The van der Waals surface area contributed by atoms with Crippen molar-refractivity contribution in [3.8, 4) is 0 Å². The van der Waals surface area contributed by atoms with E-state index in [9.17, 15) is 28.1 Å². The van der Waals surface area contributed by atoms with Gasteiger partial charge in [-0.05, 0) is 19.1 Å². The fourth-order valence-corrected chi connectivity index (χ4v) is 1.31. The second-order valence-corrected chi connectivity index (χ2v) is 3.62. The Kier molecular flexibility index (Phi) is 4.84. The van der Waals surface area contributed by atoms with Crippen LogP contribution in [0.25, 0.3) is 0 Å². The van der Waals surface area contributed by atoms with Gasteiger partial charge in [0, 0.05) is 17.7 Å². The molecule has 0 saturated carbocycles. The number of hydrogen-bond donors (Lipinski definition) is 0. The Morgan fingerprint density at radius 3 is 2.40 bits per heavy atom. The van der Waals surface area contributed by atoms with Crippen LogP contribution in [0.1, 0.15) is 12.5 Å². The second kappa shape index (κ2) is 6.18. The zero-order valence-electron chi connectivity index (χ0n) is 10.3. The van der Waals surface area contributed by atoms with Crippen molar-refractivity contribution in [1.82, 2.24) is 0 Å². The van der Waals surface area contributed by atoms with Gasteiger partial charge in [-0.2, -0.15) is 8.78 Å². The highest BCUT2D eigenvalue weighted by Crippen LogP contribution is 2.37. The maximum absolute atomic E-state index is 13.7. The number of ether oxygens (including phenoxy) is 1. The predicted molar refractivity (Wildman–Crippen MR) is 62.8 cm³/mol. The minimum atomic E-state index is -4.07. The minimum absolute atomic E-state index is 0.0465. The number of carbonyl (C=O) groups is 1. The van der Waals surface area contributed by atoms with Crippen LogP contribution in [0.2, 0.25) is 0 Å². The maximum atomic E-state index is 13.7. The van der Waals surface area contributed by atoms with Crippen molar-refractivity contribution in [3.63, 3.8) is 0 Å². The van der Waals surface area contributed by atoms with Gasteiger partial charge in [-0.1, -0.05) is 0 Å². The van der Waals surface area contributed by atoms with Gasteiger partial charge in [0.25, 0.3) is 5.69 Å². The number of allylic oxidation sites excluding steroid dienone is 1. The lowest BCUT2D eigenvalue weighted by Crippen LogP contribution is -2.16. The summed E-state index contributed by atoms with van der Waals surface area (Å²) in [5, 5.41) is 10.4. The molecule has 0 aliphatic heterocycles. The molecule has 0 spiro atoms. The summed E-state index contributed by atoms with van der Waals surface area (Å²) in [6.07, 6.45) is 0.0465. The van der Waals surface area contributed by atoms with Gasteiger partial charge in [0.1, 0.15) is 0 Å². The van der Waals surface area contributed by atoms with Crippen molar-refractivity contribution in [2.45, 2.75) is 12.8 Å². The van der Waals surface area contributed by atoms with Crippen molar-refractivity contribution in [2.75, 3.05) is 6.61 Å². The summed E-state index contributed by atoms with van der Waals surface area (Å²) in [5.41, 5.74) is -1.21. The van der Waals surface area contributed by atoms with Crippen LogP contribution in [0.4, 0.5) is 18.9 Å². The van der Waals surface area contributed by atoms with E-state index in [-0.39, 0.29) is 12.7 Å². The quantitative estimate of drug-likeness (QED) is 0.361. The molecule has 1 aromatic carbocycles. The van der Waals surface area contributed by atoms with Gasteiger partial charge in [-0.3, -0.25) is 10.1 Å². The third kappa shape index (κ3) is 3.56. The van der Waals surface area contributed by atoms with E-state index in [0.717, 1.165) is 24.3 Å². The zero-order valence-corrected chi connectivity index (χ0v) is 10.3. The smallest absolute Gasteiger partial charge is 0.333 e. The molecular weight excluding hydrogens is 279 g/mol. The Bertz CT molecular complexity index is 540. The summed E-state index contributed by atoms with van der Waals surface area (Å²) >= 11 is 0. The summed E-state index contributed by atoms with van der Waals surface area (Å²) in [4.78, 5) is 20.5. The Labute approximate surface area is 111 Å². The normalized spacial score (nSPS) is 12.1. The first-order valence-electron chi connectivity index (χ1n) is 5.46. The third-order valence-corrected chi connectivity index (χ3v) is 2.27. The van der Waals surface area contributed by atoms with Crippen LogP contribution in [0.5, 0.6) is 0 Å². The second-order valence-electron chi connectivity index (χ2n) is 3.62. The molecule has 0 atom stereocenters. The lowest BCUT2D eigenvalue weighted by molar-refractivity contribution is -0.384. The SMILES string of the molecule is CCOC(=O)/C=C(\F)C(F)(F)c1ccc([N+](=O)[O-])cc1. The number of carbonyl (C=O) groups excluding carboxylic acids is 1. The van der Waals surface area contributed by atoms with Crippen LogP contribution in [-0.2, 0) is 15.5 Å². The molecule has 0 aromatic heterocycles. The molecule has 0 bridgehead atoms. The van der Waals surface area contributed by atoms with Gasteiger partial charge in [-0.15, -0.1) is 0 Å². The van der Waals surface area contributed by atoms with E-state index in [0.29, 0.717) is 0 Å². The van der Waals surface area contributed by atoms with Crippen LogP contribution in [-0.4, -0.2) is 17.5 Å². The van der Waals surface area contributed by atoms with Crippen LogP contribution in [0.15, 0.2) is 36.2 Å². The van der Waals surface area contributed by atoms with Crippen LogP contribution in [0.3, 0.4) is 0 Å². The first-order valence-corrected chi connectivity index (χ1v) is 5.46. The number of nitro groups is 1. The first-order chi connectivity index (χ1) is 9.28. The molecule has 1 aromatic rings. The van der Waals surface area contributed by atoms with E-state index in [1.807, 2.05) is 0 Å². The Balaban J connectivity index is 3.03. The van der Waals surface area contributed by atoms with Crippen molar-refractivity contribution in [3.05, 3.63) is 51.8 Å². The molecule has 1 rings (SSSR count). The molecule has 0 heterocycles. The van der Waals surface area contributed by atoms with Crippen LogP contribution in [0, 0.1) is 10.1 Å². The van der Waals surface area contributed by atoms with E-state index in [1.165, 1.54) is 6.92 Å². The highest BCUT2D eigenvalue weighted by molar-refractivity contribution is 5.82. The summed E-state index contributed by atoms with van der Waals surface area (Å²) < 4.78 is 45.0. The van der Waals surface area contributed by atoms with Gasteiger partial charge in [0.05, 0.1) is 17.6 Å². The Hall–Kier alpha value is -2.38. The van der Waals surface area contributed by atoms with Crippen LogP contribution >= 0.6 is 0 Å². The molecule has 0 aliphatic carbocycles. The fraction of sp³-hybridized carbons (Fsp3) is 0.250. The molecule has 0 N–H and O–H groups in total. The van der Waals surface area contributed by atoms with Gasteiger partial charge in [0.2, 0.25) is 0 Å². The molecular formula is C12H10F3NO4. The topological polar surface area (TPSA) is 69.4 Å². The molecule has 8 heteroatoms. The number of hydrogen-bond acceptors (Lipinski definition) is 4. The number of non-ortho nitro benzene ring substituents is 1. The first kappa shape index (κ1) is 15.7. The average molecular weight is 289 g/mol. The lowest BCUT2D eigenvalue weighted by Gasteiger charge is -2.14. The summed E-state index contributed by atoms with van der Waals surface area (Å²) in [5.74, 6) is -7.29. The van der Waals surface area contributed by atoms with Crippen molar-refractivity contribution in [2.24, 2.45) is 0 Å². The van der Waals surface area contributed by atoms with Gasteiger partial charge in [-0.25, -0.2) is 9.18 Å². The van der Waals surface area contributed by atoms with E-state index >= 15 is 0 Å². The summed E-state index contributed by atoms with van der Waals surface area (Å²) in [6.45, 7) is 1.36. The molecule has 0 aliphatic rings. The summed E-state index contributed by atoms with van der Waals surface area (Å²) in [7, 11) is 0. The van der Waals surface area contributed by atoms with Crippen molar-refractivity contribution < 1.29 is 27.6 Å². The molecule has 20 heavy (non-hydrogen) atoms. The van der Waals surface area contributed by atoms with E-state index in [1.54, 1.807) is 0 Å². The number of alkyl halides is 2. The fourth-order valence-electron chi connectivity index (χ4n) is 1.31. The Morgan fingerprint density at radius 1 is 1.40 bits per heavy atom. The van der Waals surface area contributed by atoms with E-state index in [4.69, 9.17) is 0 Å². The number of nitrogens with zero attached hydrogens (tertiary/aromatic N) is 1. The molecule has 5 nitrogen and oxygen atoms in total. The largest absolute Gasteiger partial charge is 0.463 e. The molecule has 0 saturated heterocycles. The number of esters is 1. The number of rotatable bonds is 5. The molecule has 0 fully saturated rings. The molecule has 0 unspecified atom stereocenters. The zero-order chi connectivity index (χ0) is 15.3. The average Bonchev–Trinajstić information content (AvgIpc) is 2.38. The van der Waals surface area contributed by atoms with Gasteiger partial charge in [0.15, 0.2) is 5.83 Å². The maximum Gasteiger partial charge on any atom is 0.333 e. The monoisotopic (exact) mass is 289 g/mol. The van der Waals surface area contributed by atoms with Crippen molar-refractivity contribution >= 4 is 11.7 Å². The molecule has 0 amide bonds. The van der Waals surface area contributed by atoms with Crippen LogP contribution < -0.4 is 0 Å². The van der Waals surface area contributed by atoms with Gasteiger partial charge < -0.3 is 4.74 Å². The number of nitro benzene ring substituents is 1. The van der Waals surface area contributed by atoms with Crippen molar-refractivity contribution in [1.29, 1.82) is 0 Å². The van der Waals surface area contributed by atoms with E-state index in [2.05, 4.69) is 4.74 Å². The summed E-state index contributed by atoms with van der Waals surface area (Å²) in [6, 6.07) is 3.08. The van der Waals surface area contributed by atoms with E-state index < -0.39 is 33.9 Å². The minimum Gasteiger partial charge on any atom is -0.463 e. The molecule has 108 valence electrons. The number of halogens is 3. The molecule has 0 radical (unpaired) electrons. The Morgan fingerprint density at radius 2 is 1.95 bits per heavy atom. The highest BCUT2D eigenvalue weighted by atomic mass is 19.3. The number of benzene rings is 1. The van der Waals surface area contributed by atoms with Gasteiger partial charge >= 0.3 is 11.9 Å².